The minimum absolute atomic E-state index is 0.421. The van der Waals surface area contributed by atoms with Gasteiger partial charge in [0.25, 0.3) is 0 Å². The fraction of sp³-hybridized carbons (Fsp3) is 0.304. The first-order valence-corrected chi connectivity index (χ1v) is 9.64. The van der Waals surface area contributed by atoms with E-state index in [9.17, 15) is 0 Å². The number of methoxy groups -OCH3 is 1. The molecule has 0 aliphatic rings. The first-order valence-electron chi connectivity index (χ1n) is 9.64. The molecule has 0 aliphatic carbocycles. The van der Waals surface area contributed by atoms with Gasteiger partial charge in [0, 0.05) is 18.4 Å². The molecule has 3 aromatic rings. The maximum absolute atomic E-state index is 5.41. The molecule has 5 nitrogen and oxygen atoms in total. The Morgan fingerprint density at radius 3 is 2.64 bits per heavy atom. The normalized spacial score (nSPS) is 10.8. The van der Waals surface area contributed by atoms with E-state index in [0.29, 0.717) is 11.9 Å². The highest BCUT2D eigenvalue weighted by molar-refractivity contribution is 5.64. The van der Waals surface area contributed by atoms with Crippen LogP contribution < -0.4 is 15.4 Å². The van der Waals surface area contributed by atoms with Crippen LogP contribution in [0.1, 0.15) is 36.5 Å². The van der Waals surface area contributed by atoms with Crippen LogP contribution in [0.15, 0.2) is 54.7 Å². The van der Waals surface area contributed by atoms with Crippen LogP contribution in [0.3, 0.4) is 0 Å². The Bertz CT molecular complexity index is 924. The third kappa shape index (κ3) is 4.80. The fourth-order valence-corrected chi connectivity index (χ4v) is 3.21. The van der Waals surface area contributed by atoms with E-state index in [-0.39, 0.29) is 0 Å². The lowest BCUT2D eigenvalue weighted by atomic mass is 9.98. The van der Waals surface area contributed by atoms with Crippen LogP contribution in [0.4, 0.5) is 17.5 Å². The van der Waals surface area contributed by atoms with Crippen molar-refractivity contribution >= 4 is 17.5 Å². The van der Waals surface area contributed by atoms with Gasteiger partial charge in [-0.15, -0.1) is 0 Å². The molecule has 28 heavy (non-hydrogen) atoms. The van der Waals surface area contributed by atoms with Crippen molar-refractivity contribution in [3.63, 3.8) is 0 Å². The van der Waals surface area contributed by atoms with Crippen LogP contribution in [-0.2, 0) is 6.42 Å². The minimum atomic E-state index is 0.421. The number of anilines is 3. The lowest BCUT2D eigenvalue weighted by Crippen LogP contribution is -2.09. The van der Waals surface area contributed by atoms with Gasteiger partial charge in [-0.2, -0.15) is 4.98 Å². The quantitative estimate of drug-likeness (QED) is 0.557. The van der Waals surface area contributed by atoms with Gasteiger partial charge in [0.2, 0.25) is 5.95 Å². The predicted molar refractivity (Wildman–Crippen MR) is 116 cm³/mol. The summed E-state index contributed by atoms with van der Waals surface area (Å²) < 4.78 is 5.41. The first kappa shape index (κ1) is 19.7. The summed E-state index contributed by atoms with van der Waals surface area (Å²) >= 11 is 0. The molecule has 0 radical (unpaired) electrons. The van der Waals surface area contributed by atoms with Gasteiger partial charge in [0.05, 0.1) is 7.11 Å². The molecular weight excluding hydrogens is 348 g/mol. The van der Waals surface area contributed by atoms with E-state index in [1.54, 1.807) is 13.3 Å². The van der Waals surface area contributed by atoms with Gasteiger partial charge in [-0.25, -0.2) is 4.98 Å². The molecule has 0 amide bonds. The maximum atomic E-state index is 5.41. The highest BCUT2D eigenvalue weighted by Gasteiger charge is 2.10. The summed E-state index contributed by atoms with van der Waals surface area (Å²) in [4.78, 5) is 9.01. The van der Waals surface area contributed by atoms with Gasteiger partial charge in [-0.3, -0.25) is 0 Å². The maximum Gasteiger partial charge on any atom is 0.229 e. The molecule has 0 unspecified atom stereocenters. The Balaban J connectivity index is 1.68. The number of benzene rings is 2. The molecule has 1 aromatic heterocycles. The molecule has 3 rings (SSSR count). The highest BCUT2D eigenvalue weighted by Crippen LogP contribution is 2.29. The molecule has 0 aliphatic heterocycles. The largest absolute Gasteiger partial charge is 0.496 e. The van der Waals surface area contributed by atoms with Crippen molar-refractivity contribution in [3.05, 3.63) is 71.4 Å². The summed E-state index contributed by atoms with van der Waals surface area (Å²) in [6.45, 7) is 7.25. The highest BCUT2D eigenvalue weighted by atomic mass is 16.5. The zero-order valence-corrected chi connectivity index (χ0v) is 17.0. The second kappa shape index (κ2) is 9.22. The lowest BCUT2D eigenvalue weighted by molar-refractivity contribution is 0.410. The molecule has 0 saturated heterocycles. The monoisotopic (exact) mass is 376 g/mol. The number of ether oxygens (including phenoxy) is 1. The summed E-state index contributed by atoms with van der Waals surface area (Å²) in [6, 6.07) is 16.3. The number of nitrogens with one attached hydrogen (secondary N) is 2. The van der Waals surface area contributed by atoms with E-state index in [1.807, 2.05) is 24.3 Å². The van der Waals surface area contributed by atoms with Crippen molar-refractivity contribution in [2.75, 3.05) is 24.3 Å². The fourth-order valence-electron chi connectivity index (χ4n) is 3.21. The van der Waals surface area contributed by atoms with E-state index < -0.39 is 0 Å². The van der Waals surface area contributed by atoms with Gasteiger partial charge < -0.3 is 15.4 Å². The molecule has 2 aromatic carbocycles. The van der Waals surface area contributed by atoms with Crippen LogP contribution in [0, 0.1) is 6.92 Å². The number of hydrogen-bond donors (Lipinski definition) is 2. The number of nitrogens with zero attached hydrogens (tertiary/aromatic N) is 2. The molecule has 0 spiro atoms. The average Bonchev–Trinajstić information content (AvgIpc) is 2.70. The van der Waals surface area contributed by atoms with E-state index in [0.717, 1.165) is 30.2 Å². The summed E-state index contributed by atoms with van der Waals surface area (Å²) in [5.74, 6) is 2.73. The topological polar surface area (TPSA) is 59.1 Å². The molecule has 5 heteroatoms. The predicted octanol–water partition coefficient (Wildman–Crippen LogP) is 5.32. The van der Waals surface area contributed by atoms with E-state index in [2.05, 4.69) is 65.6 Å². The molecule has 0 bridgehead atoms. The van der Waals surface area contributed by atoms with E-state index in [1.165, 1.54) is 16.7 Å². The van der Waals surface area contributed by atoms with E-state index in [4.69, 9.17) is 4.74 Å². The third-order valence-corrected chi connectivity index (χ3v) is 4.71. The SMILES string of the molecule is COc1ccccc1CCNc1ccnc(Nc2c(C)cccc2C(C)C)n1. The molecule has 0 atom stereocenters. The van der Waals surface area contributed by atoms with Crippen LogP contribution >= 0.6 is 0 Å². The molecule has 0 saturated carbocycles. The van der Waals surface area contributed by atoms with Gasteiger partial charge in [0.15, 0.2) is 0 Å². The second-order valence-electron chi connectivity index (χ2n) is 7.07. The van der Waals surface area contributed by atoms with Crippen molar-refractivity contribution in [2.24, 2.45) is 0 Å². The number of rotatable bonds is 8. The standard InChI is InChI=1S/C23H28N4O/c1-16(2)19-10-7-8-17(3)22(19)27-23-25-15-13-21(26-23)24-14-12-18-9-5-6-11-20(18)28-4/h5-11,13,15-16H,12,14H2,1-4H3,(H2,24,25,26,27). The van der Waals surface area contributed by atoms with Crippen molar-refractivity contribution in [1.82, 2.24) is 9.97 Å². The third-order valence-electron chi connectivity index (χ3n) is 4.71. The Morgan fingerprint density at radius 1 is 1.04 bits per heavy atom. The zero-order chi connectivity index (χ0) is 19.9. The Kier molecular flexibility index (Phi) is 6.48. The molecule has 146 valence electrons. The number of aromatic nitrogens is 2. The van der Waals surface area contributed by atoms with Crippen molar-refractivity contribution in [2.45, 2.75) is 33.1 Å². The van der Waals surface area contributed by atoms with Gasteiger partial charge in [-0.1, -0.05) is 50.2 Å². The average molecular weight is 377 g/mol. The van der Waals surface area contributed by atoms with Crippen LogP contribution in [0.2, 0.25) is 0 Å². The van der Waals surface area contributed by atoms with Crippen LogP contribution in [0.25, 0.3) is 0 Å². The smallest absolute Gasteiger partial charge is 0.229 e. The summed E-state index contributed by atoms with van der Waals surface area (Å²) in [5.41, 5.74) is 4.71. The Labute approximate surface area is 167 Å². The van der Waals surface area contributed by atoms with Crippen molar-refractivity contribution in [1.29, 1.82) is 0 Å². The summed E-state index contributed by atoms with van der Waals surface area (Å²) in [7, 11) is 1.70. The molecule has 0 fully saturated rings. The Hall–Kier alpha value is -3.08. The van der Waals surface area contributed by atoms with Gasteiger partial charge >= 0.3 is 0 Å². The number of para-hydroxylation sites is 2. The minimum Gasteiger partial charge on any atom is -0.496 e. The van der Waals surface area contributed by atoms with Crippen molar-refractivity contribution in [3.8, 4) is 5.75 Å². The molecule has 2 N–H and O–H groups in total. The van der Waals surface area contributed by atoms with Crippen LogP contribution in [-0.4, -0.2) is 23.6 Å². The number of hydrogen-bond acceptors (Lipinski definition) is 5. The van der Waals surface area contributed by atoms with Crippen LogP contribution in [0.5, 0.6) is 5.75 Å². The molecular formula is C23H28N4O. The van der Waals surface area contributed by atoms with Gasteiger partial charge in [0.1, 0.15) is 11.6 Å². The van der Waals surface area contributed by atoms with Gasteiger partial charge in [-0.05, 0) is 48.1 Å². The lowest BCUT2D eigenvalue weighted by Gasteiger charge is -2.16. The summed E-state index contributed by atoms with van der Waals surface area (Å²) in [6.07, 6.45) is 2.63. The Morgan fingerprint density at radius 2 is 1.86 bits per heavy atom. The molecule has 1 heterocycles. The second-order valence-corrected chi connectivity index (χ2v) is 7.07. The zero-order valence-electron chi connectivity index (χ0n) is 17.0. The number of aryl methyl sites for hydroxylation is 1. The van der Waals surface area contributed by atoms with E-state index >= 15 is 0 Å². The van der Waals surface area contributed by atoms with Crippen molar-refractivity contribution < 1.29 is 4.74 Å². The first-order chi connectivity index (χ1) is 13.6. The summed E-state index contributed by atoms with van der Waals surface area (Å²) in [5, 5.41) is 6.78.